The molecule has 4 nitrogen and oxygen atoms in total. The van der Waals surface area contributed by atoms with Crippen LogP contribution in [-0.2, 0) is 11.3 Å². The van der Waals surface area contributed by atoms with Crippen molar-refractivity contribution in [1.82, 2.24) is 10.3 Å². The van der Waals surface area contributed by atoms with Crippen molar-refractivity contribution < 1.29 is 4.74 Å². The van der Waals surface area contributed by atoms with Crippen molar-refractivity contribution in [1.29, 1.82) is 0 Å². The van der Waals surface area contributed by atoms with E-state index >= 15 is 0 Å². The van der Waals surface area contributed by atoms with Crippen molar-refractivity contribution in [3.63, 3.8) is 0 Å². The SMILES string of the molecule is CCCNCc1cc(N2CCCOC(C)C2)ncc1Cl. The number of pyridine rings is 1. The standard InChI is InChI=1S/C15H24ClN3O/c1-3-5-17-9-13-8-15(18-10-14(13)16)19-6-4-7-20-12(2)11-19/h8,10,12,17H,3-7,9,11H2,1-2H3. The van der Waals surface area contributed by atoms with Gasteiger partial charge in [-0.2, -0.15) is 0 Å². The van der Waals surface area contributed by atoms with Crippen LogP contribution < -0.4 is 10.2 Å². The van der Waals surface area contributed by atoms with E-state index in [9.17, 15) is 0 Å². The fourth-order valence-corrected chi connectivity index (χ4v) is 2.55. The van der Waals surface area contributed by atoms with Crippen LogP contribution in [0.3, 0.4) is 0 Å². The van der Waals surface area contributed by atoms with Gasteiger partial charge in [-0.05, 0) is 37.9 Å². The zero-order valence-corrected chi connectivity index (χ0v) is 13.1. The van der Waals surface area contributed by atoms with Crippen molar-refractivity contribution in [2.24, 2.45) is 0 Å². The van der Waals surface area contributed by atoms with Crippen molar-refractivity contribution in [3.8, 4) is 0 Å². The maximum Gasteiger partial charge on any atom is 0.128 e. The van der Waals surface area contributed by atoms with Crippen molar-refractivity contribution in [3.05, 3.63) is 22.8 Å². The van der Waals surface area contributed by atoms with Crippen LogP contribution in [0.1, 0.15) is 32.3 Å². The molecule has 0 spiro atoms. The highest BCUT2D eigenvalue weighted by Crippen LogP contribution is 2.22. The summed E-state index contributed by atoms with van der Waals surface area (Å²) in [6, 6.07) is 2.10. The molecule has 5 heteroatoms. The largest absolute Gasteiger partial charge is 0.377 e. The molecule has 1 aliphatic heterocycles. The average molecular weight is 298 g/mol. The second kappa shape index (κ2) is 7.81. The first kappa shape index (κ1) is 15.5. The van der Waals surface area contributed by atoms with E-state index in [0.717, 1.165) is 62.0 Å². The molecule has 1 aliphatic rings. The molecule has 0 bridgehead atoms. The minimum absolute atomic E-state index is 0.247. The molecule has 2 rings (SSSR count). The van der Waals surface area contributed by atoms with Crippen molar-refractivity contribution in [2.45, 2.75) is 39.3 Å². The predicted molar refractivity (Wildman–Crippen MR) is 83.5 cm³/mol. The number of aromatic nitrogens is 1. The Kier molecular flexibility index (Phi) is 6.07. The minimum Gasteiger partial charge on any atom is -0.377 e. The van der Waals surface area contributed by atoms with E-state index in [1.807, 2.05) is 0 Å². The quantitative estimate of drug-likeness (QED) is 0.848. The third-order valence-corrected chi connectivity index (χ3v) is 3.78. The molecule has 1 aromatic rings. The second-order valence-electron chi connectivity index (χ2n) is 5.29. The highest BCUT2D eigenvalue weighted by molar-refractivity contribution is 6.31. The van der Waals surface area contributed by atoms with Crippen LogP contribution >= 0.6 is 11.6 Å². The lowest BCUT2D eigenvalue weighted by Gasteiger charge is -2.24. The van der Waals surface area contributed by atoms with E-state index in [1.54, 1.807) is 6.20 Å². The van der Waals surface area contributed by atoms with Gasteiger partial charge in [0.05, 0.1) is 11.1 Å². The van der Waals surface area contributed by atoms with Crippen LogP contribution in [-0.4, -0.2) is 37.3 Å². The maximum absolute atomic E-state index is 6.23. The van der Waals surface area contributed by atoms with Gasteiger partial charge in [0.1, 0.15) is 5.82 Å². The molecular formula is C15H24ClN3O. The van der Waals surface area contributed by atoms with E-state index in [4.69, 9.17) is 16.3 Å². The molecular weight excluding hydrogens is 274 g/mol. The summed E-state index contributed by atoms with van der Waals surface area (Å²) < 4.78 is 5.68. The van der Waals surface area contributed by atoms with Crippen LogP contribution in [0.5, 0.6) is 0 Å². The van der Waals surface area contributed by atoms with Crippen LogP contribution in [0.15, 0.2) is 12.3 Å². The molecule has 112 valence electrons. The van der Waals surface area contributed by atoms with Gasteiger partial charge >= 0.3 is 0 Å². The first-order chi connectivity index (χ1) is 9.70. The van der Waals surface area contributed by atoms with Gasteiger partial charge in [-0.3, -0.25) is 0 Å². The zero-order valence-electron chi connectivity index (χ0n) is 12.4. The lowest BCUT2D eigenvalue weighted by Crippen LogP contribution is -2.31. The van der Waals surface area contributed by atoms with Gasteiger partial charge in [0, 0.05) is 32.4 Å². The van der Waals surface area contributed by atoms with E-state index < -0.39 is 0 Å². The van der Waals surface area contributed by atoms with Crippen LogP contribution in [0.4, 0.5) is 5.82 Å². The summed E-state index contributed by atoms with van der Waals surface area (Å²) in [6.07, 6.45) is 4.17. The summed E-state index contributed by atoms with van der Waals surface area (Å²) in [5.74, 6) is 1.00. The van der Waals surface area contributed by atoms with Gasteiger partial charge in [0.25, 0.3) is 0 Å². The Hall–Kier alpha value is -0.840. The summed E-state index contributed by atoms with van der Waals surface area (Å²) in [6.45, 7) is 8.77. The number of halogens is 1. The van der Waals surface area contributed by atoms with E-state index in [0.29, 0.717) is 0 Å². The Morgan fingerprint density at radius 3 is 3.20 bits per heavy atom. The lowest BCUT2D eigenvalue weighted by atomic mass is 10.2. The highest BCUT2D eigenvalue weighted by Gasteiger charge is 2.17. The Morgan fingerprint density at radius 2 is 2.40 bits per heavy atom. The normalized spacial score (nSPS) is 19.9. The first-order valence-corrected chi connectivity index (χ1v) is 7.80. The Morgan fingerprint density at radius 1 is 1.55 bits per heavy atom. The number of anilines is 1. The number of ether oxygens (including phenoxy) is 1. The van der Waals surface area contributed by atoms with Gasteiger partial charge in [0.2, 0.25) is 0 Å². The third-order valence-electron chi connectivity index (χ3n) is 3.44. The van der Waals surface area contributed by atoms with E-state index in [2.05, 4.69) is 35.1 Å². The lowest BCUT2D eigenvalue weighted by molar-refractivity contribution is 0.0820. The van der Waals surface area contributed by atoms with Gasteiger partial charge in [-0.25, -0.2) is 4.98 Å². The second-order valence-corrected chi connectivity index (χ2v) is 5.70. The van der Waals surface area contributed by atoms with Crippen LogP contribution in [0.2, 0.25) is 5.02 Å². The third kappa shape index (κ3) is 4.33. The van der Waals surface area contributed by atoms with Gasteiger partial charge in [-0.1, -0.05) is 18.5 Å². The van der Waals surface area contributed by atoms with Gasteiger partial charge < -0.3 is 15.0 Å². The number of hydrogen-bond donors (Lipinski definition) is 1. The Bertz CT molecular complexity index is 428. The smallest absolute Gasteiger partial charge is 0.128 e. The van der Waals surface area contributed by atoms with Crippen molar-refractivity contribution in [2.75, 3.05) is 31.1 Å². The summed E-state index contributed by atoms with van der Waals surface area (Å²) in [4.78, 5) is 6.77. The van der Waals surface area contributed by atoms with E-state index in [1.165, 1.54) is 0 Å². The predicted octanol–water partition coefficient (Wildman–Crippen LogP) is 2.85. The fraction of sp³-hybridized carbons (Fsp3) is 0.667. The van der Waals surface area contributed by atoms with Crippen LogP contribution in [0, 0.1) is 0 Å². The number of nitrogens with zero attached hydrogens (tertiary/aromatic N) is 2. The number of hydrogen-bond acceptors (Lipinski definition) is 4. The molecule has 20 heavy (non-hydrogen) atoms. The Labute approximate surface area is 126 Å². The highest BCUT2D eigenvalue weighted by atomic mass is 35.5. The fourth-order valence-electron chi connectivity index (χ4n) is 2.38. The molecule has 0 amide bonds. The topological polar surface area (TPSA) is 37.4 Å². The first-order valence-electron chi connectivity index (χ1n) is 7.42. The van der Waals surface area contributed by atoms with Gasteiger partial charge in [0.15, 0.2) is 0 Å². The summed E-state index contributed by atoms with van der Waals surface area (Å²) in [5.41, 5.74) is 1.11. The summed E-state index contributed by atoms with van der Waals surface area (Å²) in [7, 11) is 0. The average Bonchev–Trinajstić information content (AvgIpc) is 2.66. The summed E-state index contributed by atoms with van der Waals surface area (Å²) in [5, 5.41) is 4.12. The molecule has 1 saturated heterocycles. The summed E-state index contributed by atoms with van der Waals surface area (Å²) >= 11 is 6.23. The molecule has 1 atom stereocenters. The molecule has 0 aliphatic carbocycles. The number of rotatable bonds is 5. The minimum atomic E-state index is 0.247. The molecule has 2 heterocycles. The molecule has 1 fully saturated rings. The molecule has 0 saturated carbocycles. The zero-order chi connectivity index (χ0) is 14.4. The van der Waals surface area contributed by atoms with Crippen LogP contribution in [0.25, 0.3) is 0 Å². The Balaban J connectivity index is 2.08. The van der Waals surface area contributed by atoms with Gasteiger partial charge in [-0.15, -0.1) is 0 Å². The molecule has 1 unspecified atom stereocenters. The molecule has 1 N–H and O–H groups in total. The monoisotopic (exact) mass is 297 g/mol. The number of nitrogens with one attached hydrogen (secondary N) is 1. The molecule has 0 radical (unpaired) electrons. The van der Waals surface area contributed by atoms with Crippen molar-refractivity contribution >= 4 is 17.4 Å². The molecule has 0 aromatic carbocycles. The molecule has 1 aromatic heterocycles. The maximum atomic E-state index is 6.23. The van der Waals surface area contributed by atoms with E-state index in [-0.39, 0.29) is 6.10 Å².